The lowest BCUT2D eigenvalue weighted by Crippen LogP contribution is -2.09. The highest BCUT2D eigenvalue weighted by molar-refractivity contribution is 5.70. The van der Waals surface area contributed by atoms with E-state index in [1.165, 1.54) is 11.1 Å². The number of rotatable bonds is 7. The number of nitrogens with zero attached hydrogens (tertiary/aromatic N) is 2. The molecule has 26 heavy (non-hydrogen) atoms. The van der Waals surface area contributed by atoms with Gasteiger partial charge in [-0.3, -0.25) is 0 Å². The number of hydrogen-bond acceptors (Lipinski definition) is 5. The smallest absolute Gasteiger partial charge is 0.225 e. The zero-order valence-corrected chi connectivity index (χ0v) is 15.2. The third-order valence-corrected chi connectivity index (χ3v) is 4.15. The maximum atomic E-state index is 8.99. The molecule has 2 aromatic carbocycles. The molecule has 3 aromatic rings. The number of aliphatic hydroxyl groups is 1. The van der Waals surface area contributed by atoms with Crippen molar-refractivity contribution in [2.45, 2.75) is 20.3 Å². The first-order valence-electron chi connectivity index (χ1n) is 8.80. The summed E-state index contributed by atoms with van der Waals surface area (Å²) in [7, 11) is 0. The molecule has 5 nitrogen and oxygen atoms in total. The Bertz CT molecular complexity index is 845. The number of aliphatic hydroxyl groups excluding tert-OH is 1. The van der Waals surface area contributed by atoms with Crippen LogP contribution in [0.5, 0.6) is 0 Å². The van der Waals surface area contributed by atoms with Crippen LogP contribution in [0, 0.1) is 13.8 Å². The third-order valence-electron chi connectivity index (χ3n) is 4.15. The van der Waals surface area contributed by atoms with Gasteiger partial charge in [0.05, 0.1) is 5.69 Å². The van der Waals surface area contributed by atoms with Gasteiger partial charge >= 0.3 is 0 Å². The van der Waals surface area contributed by atoms with E-state index in [1.54, 1.807) is 0 Å². The summed E-state index contributed by atoms with van der Waals surface area (Å²) >= 11 is 0. The third kappa shape index (κ3) is 4.37. The lowest BCUT2D eigenvalue weighted by atomic mass is 10.1. The average Bonchev–Trinajstić information content (AvgIpc) is 2.66. The van der Waals surface area contributed by atoms with Crippen molar-refractivity contribution in [3.63, 3.8) is 0 Å². The summed E-state index contributed by atoms with van der Waals surface area (Å²) in [6.07, 6.45) is 0.651. The van der Waals surface area contributed by atoms with E-state index in [0.29, 0.717) is 18.9 Å². The number of anilines is 3. The Hall–Kier alpha value is -2.92. The molecule has 0 aliphatic rings. The fourth-order valence-corrected chi connectivity index (χ4v) is 2.77. The Kier molecular flexibility index (Phi) is 5.81. The number of hydrogen-bond donors (Lipinski definition) is 3. The minimum absolute atomic E-state index is 0.138. The zero-order chi connectivity index (χ0) is 18.4. The van der Waals surface area contributed by atoms with Crippen LogP contribution >= 0.6 is 0 Å². The van der Waals surface area contributed by atoms with Gasteiger partial charge in [0.25, 0.3) is 0 Å². The van der Waals surface area contributed by atoms with Crippen LogP contribution in [0.4, 0.5) is 17.5 Å². The quantitative estimate of drug-likeness (QED) is 0.555. The number of nitrogens with one attached hydrogen (secondary N) is 2. The Morgan fingerprint density at radius 1 is 0.923 bits per heavy atom. The minimum Gasteiger partial charge on any atom is -0.396 e. The Morgan fingerprint density at radius 3 is 2.35 bits per heavy atom. The van der Waals surface area contributed by atoms with Gasteiger partial charge in [0.15, 0.2) is 0 Å². The number of aryl methyl sites for hydroxylation is 2. The highest BCUT2D eigenvalue weighted by Crippen LogP contribution is 2.27. The van der Waals surface area contributed by atoms with E-state index in [1.807, 2.05) is 42.5 Å². The largest absolute Gasteiger partial charge is 0.396 e. The standard InChI is InChI=1S/C21H24N4O/c1-15-8-6-9-16(2)20(15)24-19-14-18(17-10-4-3-5-11-17)23-21(25-19)22-12-7-13-26/h3-6,8-11,14,26H,7,12-13H2,1-2H3,(H2,22,23,24,25). The SMILES string of the molecule is Cc1cccc(C)c1Nc1cc(-c2ccccc2)nc(NCCCO)n1. The molecule has 3 N–H and O–H groups in total. The summed E-state index contributed by atoms with van der Waals surface area (Å²) in [5.41, 5.74) is 5.27. The number of aromatic nitrogens is 2. The van der Waals surface area contributed by atoms with Gasteiger partial charge in [0.1, 0.15) is 5.82 Å². The van der Waals surface area contributed by atoms with Crippen molar-refractivity contribution in [3.05, 3.63) is 65.7 Å². The lowest BCUT2D eigenvalue weighted by Gasteiger charge is -2.14. The van der Waals surface area contributed by atoms with E-state index in [2.05, 4.69) is 46.6 Å². The van der Waals surface area contributed by atoms with Crippen molar-refractivity contribution in [2.24, 2.45) is 0 Å². The monoisotopic (exact) mass is 348 g/mol. The van der Waals surface area contributed by atoms with E-state index >= 15 is 0 Å². The Morgan fingerprint density at radius 2 is 1.65 bits per heavy atom. The van der Waals surface area contributed by atoms with Gasteiger partial charge in [-0.05, 0) is 31.4 Å². The predicted molar refractivity (Wildman–Crippen MR) is 107 cm³/mol. The summed E-state index contributed by atoms with van der Waals surface area (Å²) in [4.78, 5) is 9.21. The topological polar surface area (TPSA) is 70.1 Å². The van der Waals surface area contributed by atoms with Crippen molar-refractivity contribution in [3.8, 4) is 11.3 Å². The molecule has 0 unspecified atom stereocenters. The summed E-state index contributed by atoms with van der Waals surface area (Å²) in [6.45, 7) is 4.92. The molecule has 0 atom stereocenters. The van der Waals surface area contributed by atoms with Crippen molar-refractivity contribution >= 4 is 17.5 Å². The van der Waals surface area contributed by atoms with Crippen molar-refractivity contribution in [1.29, 1.82) is 0 Å². The Labute approximate surface area is 154 Å². The predicted octanol–water partition coefficient (Wildman–Crippen LogP) is 4.30. The van der Waals surface area contributed by atoms with Crippen molar-refractivity contribution < 1.29 is 5.11 Å². The van der Waals surface area contributed by atoms with Crippen LogP contribution in [-0.4, -0.2) is 28.2 Å². The lowest BCUT2D eigenvalue weighted by molar-refractivity contribution is 0.292. The highest BCUT2D eigenvalue weighted by atomic mass is 16.3. The minimum atomic E-state index is 0.138. The molecule has 1 heterocycles. The van der Waals surface area contributed by atoms with E-state index < -0.39 is 0 Å². The molecule has 0 aliphatic carbocycles. The second kappa shape index (κ2) is 8.45. The second-order valence-corrected chi connectivity index (χ2v) is 6.22. The van der Waals surface area contributed by atoms with Crippen LogP contribution in [-0.2, 0) is 0 Å². The van der Waals surface area contributed by atoms with E-state index in [0.717, 1.165) is 22.8 Å². The molecular formula is C21H24N4O. The van der Waals surface area contributed by atoms with Crippen LogP contribution in [0.3, 0.4) is 0 Å². The zero-order valence-electron chi connectivity index (χ0n) is 15.2. The molecule has 0 saturated heterocycles. The van der Waals surface area contributed by atoms with Gasteiger partial charge in [-0.2, -0.15) is 4.98 Å². The fraction of sp³-hybridized carbons (Fsp3) is 0.238. The summed E-state index contributed by atoms with van der Waals surface area (Å²) < 4.78 is 0. The van der Waals surface area contributed by atoms with Crippen molar-refractivity contribution in [2.75, 3.05) is 23.8 Å². The maximum absolute atomic E-state index is 8.99. The molecule has 3 rings (SSSR count). The second-order valence-electron chi connectivity index (χ2n) is 6.22. The highest BCUT2D eigenvalue weighted by Gasteiger charge is 2.09. The molecule has 1 aromatic heterocycles. The van der Waals surface area contributed by atoms with Gasteiger partial charge < -0.3 is 15.7 Å². The Balaban J connectivity index is 1.96. The molecule has 5 heteroatoms. The normalized spacial score (nSPS) is 10.6. The van der Waals surface area contributed by atoms with Crippen LogP contribution in [0.25, 0.3) is 11.3 Å². The van der Waals surface area contributed by atoms with Gasteiger partial charge in [0.2, 0.25) is 5.95 Å². The van der Waals surface area contributed by atoms with Crippen LogP contribution < -0.4 is 10.6 Å². The summed E-state index contributed by atoms with van der Waals surface area (Å²) in [5.74, 6) is 1.29. The number of benzene rings is 2. The van der Waals surface area contributed by atoms with Gasteiger partial charge in [0, 0.05) is 30.5 Å². The molecule has 0 saturated carbocycles. The molecule has 0 radical (unpaired) electrons. The number of para-hydroxylation sites is 1. The molecule has 0 spiro atoms. The van der Waals surface area contributed by atoms with E-state index in [9.17, 15) is 0 Å². The van der Waals surface area contributed by atoms with Crippen molar-refractivity contribution in [1.82, 2.24) is 9.97 Å². The van der Waals surface area contributed by atoms with Gasteiger partial charge in [-0.1, -0.05) is 48.5 Å². The van der Waals surface area contributed by atoms with Gasteiger partial charge in [-0.15, -0.1) is 0 Å². The first-order valence-corrected chi connectivity index (χ1v) is 8.80. The van der Waals surface area contributed by atoms with Crippen LogP contribution in [0.15, 0.2) is 54.6 Å². The van der Waals surface area contributed by atoms with E-state index in [-0.39, 0.29) is 6.61 Å². The maximum Gasteiger partial charge on any atom is 0.225 e. The van der Waals surface area contributed by atoms with E-state index in [4.69, 9.17) is 5.11 Å². The molecule has 0 amide bonds. The molecule has 0 aliphatic heterocycles. The molecular weight excluding hydrogens is 324 g/mol. The molecule has 134 valence electrons. The van der Waals surface area contributed by atoms with Crippen LogP contribution in [0.1, 0.15) is 17.5 Å². The summed E-state index contributed by atoms with van der Waals surface area (Å²) in [5, 5.41) is 15.6. The average molecular weight is 348 g/mol. The first-order chi connectivity index (χ1) is 12.7. The van der Waals surface area contributed by atoms with Crippen LogP contribution in [0.2, 0.25) is 0 Å². The fourth-order valence-electron chi connectivity index (χ4n) is 2.77. The summed E-state index contributed by atoms with van der Waals surface area (Å²) in [6, 6.07) is 18.2. The van der Waals surface area contributed by atoms with Gasteiger partial charge in [-0.25, -0.2) is 4.98 Å². The molecule has 0 fully saturated rings. The molecule has 0 bridgehead atoms. The first kappa shape index (κ1) is 17.9.